The standard InChI is InChI=1S/C16H13NO.4Y/c1-11(2)13-8-9-15-14(10-13)17-16(18-15)12-6-4-3-5-7-12;;;;/h4-9,11H,1-2H3;;;;/q-2;;;;. The van der Waals surface area contributed by atoms with Gasteiger partial charge in [-0.3, -0.25) is 0 Å². The van der Waals surface area contributed by atoms with Crippen LogP contribution in [0.25, 0.3) is 22.6 Å². The number of fused-ring (bicyclic) bond motifs is 1. The fourth-order valence-electron chi connectivity index (χ4n) is 1.87. The van der Waals surface area contributed by atoms with Crippen molar-refractivity contribution in [1.82, 2.24) is 4.98 Å². The van der Waals surface area contributed by atoms with Gasteiger partial charge >= 0.3 is 0 Å². The molecule has 1 aromatic heterocycles. The Kier molecular flexibility index (Phi) is 15.3. The predicted molar refractivity (Wildman–Crippen MR) is 71.2 cm³/mol. The second kappa shape index (κ2) is 12.6. The molecule has 2 nitrogen and oxygen atoms in total. The smallest absolute Gasteiger partial charge is 0.187 e. The molecule has 0 atom stereocenters. The third-order valence-electron chi connectivity index (χ3n) is 2.92. The molecular formula is C16H13NOY4-2. The summed E-state index contributed by atoms with van der Waals surface area (Å²) >= 11 is 0. The fraction of sp³-hybridized carbons (Fsp3) is 0.188. The van der Waals surface area contributed by atoms with Gasteiger partial charge in [-0.15, -0.1) is 12.1 Å². The van der Waals surface area contributed by atoms with Crippen LogP contribution in [0.15, 0.2) is 40.8 Å². The summed E-state index contributed by atoms with van der Waals surface area (Å²) in [5.74, 6) is 1.08. The normalized spacial score (nSPS) is 9.23. The molecule has 22 heavy (non-hydrogen) atoms. The number of rotatable bonds is 2. The Morgan fingerprint density at radius 2 is 1.59 bits per heavy atom. The minimum Gasteiger partial charge on any atom is -0.502 e. The van der Waals surface area contributed by atoms with Crippen LogP contribution in [0.4, 0.5) is 0 Å². The Labute approximate surface area is 232 Å². The average Bonchev–Trinajstić information content (AvgIpc) is 2.82. The third kappa shape index (κ3) is 6.57. The summed E-state index contributed by atoms with van der Waals surface area (Å²) in [4.78, 5) is 4.49. The number of oxazole rings is 1. The number of aromatic nitrogens is 1. The van der Waals surface area contributed by atoms with E-state index in [2.05, 4.69) is 31.0 Å². The van der Waals surface area contributed by atoms with Gasteiger partial charge in [0.25, 0.3) is 0 Å². The van der Waals surface area contributed by atoms with Crippen LogP contribution in [-0.4, -0.2) is 4.98 Å². The van der Waals surface area contributed by atoms with Gasteiger partial charge in [0.05, 0.1) is 0 Å². The molecule has 0 unspecified atom stereocenters. The van der Waals surface area contributed by atoms with E-state index in [1.54, 1.807) is 0 Å². The first-order valence-corrected chi connectivity index (χ1v) is 6.03. The van der Waals surface area contributed by atoms with Crippen LogP contribution in [-0.2, 0) is 131 Å². The van der Waals surface area contributed by atoms with Crippen molar-refractivity contribution < 1.29 is 135 Å². The van der Waals surface area contributed by atoms with Crippen LogP contribution in [0.5, 0.6) is 0 Å². The number of hydrogen-bond acceptors (Lipinski definition) is 2. The molecule has 102 valence electrons. The van der Waals surface area contributed by atoms with Crippen molar-refractivity contribution in [1.29, 1.82) is 0 Å². The maximum absolute atomic E-state index is 5.73. The molecule has 3 aromatic rings. The van der Waals surface area contributed by atoms with Gasteiger partial charge in [-0.2, -0.15) is 42.0 Å². The Morgan fingerprint density at radius 3 is 2.18 bits per heavy atom. The van der Waals surface area contributed by atoms with E-state index in [0.717, 1.165) is 22.2 Å². The molecule has 0 fully saturated rings. The van der Waals surface area contributed by atoms with Crippen LogP contribution in [0.2, 0.25) is 0 Å². The summed E-state index contributed by atoms with van der Waals surface area (Å²) in [6.45, 7) is 4.29. The molecule has 6 heteroatoms. The van der Waals surface area contributed by atoms with E-state index in [1.165, 1.54) is 0 Å². The van der Waals surface area contributed by atoms with E-state index in [9.17, 15) is 0 Å². The van der Waals surface area contributed by atoms with Gasteiger partial charge in [0.15, 0.2) is 5.89 Å². The van der Waals surface area contributed by atoms with Crippen molar-refractivity contribution in [3.63, 3.8) is 0 Å². The van der Waals surface area contributed by atoms with Gasteiger partial charge < -0.3 is 4.42 Å². The fourth-order valence-corrected chi connectivity index (χ4v) is 1.87. The van der Waals surface area contributed by atoms with Gasteiger partial charge in [0, 0.05) is 136 Å². The largest absolute Gasteiger partial charge is 0.502 e. The molecule has 0 aliphatic carbocycles. The number of nitrogens with zero attached hydrogens (tertiary/aromatic N) is 1. The topological polar surface area (TPSA) is 26.0 Å². The van der Waals surface area contributed by atoms with Crippen LogP contribution in [0, 0.1) is 12.1 Å². The van der Waals surface area contributed by atoms with Gasteiger partial charge in [-0.25, -0.2) is 4.98 Å². The Hall–Kier alpha value is 2.33. The second-order valence-corrected chi connectivity index (χ2v) is 4.59. The molecule has 0 spiro atoms. The molecule has 2 aromatic carbocycles. The van der Waals surface area contributed by atoms with Crippen molar-refractivity contribution in [3.8, 4) is 11.5 Å². The minimum atomic E-state index is 0. The Balaban J connectivity index is 0. The summed E-state index contributed by atoms with van der Waals surface area (Å²) in [7, 11) is 0. The first-order valence-electron chi connectivity index (χ1n) is 6.03. The zero-order valence-corrected chi connectivity index (χ0v) is 24.1. The number of hydrogen-bond donors (Lipinski definition) is 0. The van der Waals surface area contributed by atoms with E-state index in [1.807, 2.05) is 36.4 Å². The van der Waals surface area contributed by atoms with Gasteiger partial charge in [-0.05, 0) is 11.4 Å². The van der Waals surface area contributed by atoms with Crippen LogP contribution < -0.4 is 0 Å². The Bertz CT molecular complexity index is 683. The van der Waals surface area contributed by atoms with Crippen molar-refractivity contribution >= 4 is 11.1 Å². The molecule has 4 radical (unpaired) electrons. The van der Waals surface area contributed by atoms with Crippen molar-refractivity contribution in [2.45, 2.75) is 19.8 Å². The van der Waals surface area contributed by atoms with Crippen LogP contribution in [0.1, 0.15) is 25.3 Å². The summed E-state index contributed by atoms with van der Waals surface area (Å²) in [6.07, 6.45) is 0. The van der Waals surface area contributed by atoms with E-state index in [-0.39, 0.29) is 131 Å². The van der Waals surface area contributed by atoms with Gasteiger partial charge in [0.2, 0.25) is 0 Å². The Morgan fingerprint density at radius 1 is 0.955 bits per heavy atom. The quantitative estimate of drug-likeness (QED) is 0.418. The summed E-state index contributed by atoms with van der Waals surface area (Å²) in [5, 5.41) is 0. The van der Waals surface area contributed by atoms with Gasteiger partial charge in [0.1, 0.15) is 0 Å². The van der Waals surface area contributed by atoms with E-state index >= 15 is 0 Å². The molecule has 0 bridgehead atoms. The molecule has 0 amide bonds. The zero-order valence-electron chi connectivity index (χ0n) is 12.7. The second-order valence-electron chi connectivity index (χ2n) is 4.59. The molecule has 0 aliphatic heterocycles. The van der Waals surface area contributed by atoms with E-state index < -0.39 is 0 Å². The van der Waals surface area contributed by atoms with Crippen LogP contribution >= 0.6 is 0 Å². The molecular weight excluding hydrogens is 578 g/mol. The van der Waals surface area contributed by atoms with Crippen LogP contribution in [0.3, 0.4) is 0 Å². The maximum Gasteiger partial charge on any atom is 0.187 e. The van der Waals surface area contributed by atoms with Gasteiger partial charge in [-0.1, -0.05) is 19.4 Å². The summed E-state index contributed by atoms with van der Waals surface area (Å²) in [5.41, 5.74) is 3.69. The van der Waals surface area contributed by atoms with E-state index in [4.69, 9.17) is 4.42 Å². The minimum absolute atomic E-state index is 0. The summed E-state index contributed by atoms with van der Waals surface area (Å²) in [6, 6.07) is 17.9. The molecule has 0 saturated heterocycles. The summed E-state index contributed by atoms with van der Waals surface area (Å²) < 4.78 is 5.73. The van der Waals surface area contributed by atoms with Crippen molar-refractivity contribution in [2.75, 3.05) is 0 Å². The van der Waals surface area contributed by atoms with Crippen molar-refractivity contribution in [3.05, 3.63) is 54.1 Å². The molecule has 0 saturated carbocycles. The average molecular weight is 591 g/mol. The monoisotopic (exact) mass is 591 g/mol. The first kappa shape index (κ1) is 26.6. The SMILES string of the molecule is CC(C)c1[c-]c2nc(-c3cc[c-]cc3)oc2cc1.[Y].[Y].[Y].[Y]. The first-order chi connectivity index (χ1) is 8.74. The maximum atomic E-state index is 5.73. The number of benzene rings is 2. The zero-order chi connectivity index (χ0) is 12.5. The predicted octanol–water partition coefficient (Wildman–Crippen LogP) is 4.21. The third-order valence-corrected chi connectivity index (χ3v) is 2.92. The molecule has 1 heterocycles. The molecule has 0 N–H and O–H groups in total. The molecule has 3 rings (SSSR count). The molecule has 0 aliphatic rings. The van der Waals surface area contributed by atoms with Crippen molar-refractivity contribution in [2.24, 2.45) is 0 Å². The van der Waals surface area contributed by atoms with E-state index in [0.29, 0.717) is 11.8 Å².